The molecular weight excluding hydrogens is 272 g/mol. The molecule has 0 radical (unpaired) electrons. The number of carbonyl (C=O) groups excluding carboxylic acids is 1. The first-order valence-corrected chi connectivity index (χ1v) is 6.41. The van der Waals surface area contributed by atoms with Crippen LogP contribution < -0.4 is 11.1 Å². The van der Waals surface area contributed by atoms with E-state index >= 15 is 0 Å². The van der Waals surface area contributed by atoms with E-state index in [9.17, 15) is 4.79 Å². The molecule has 0 aliphatic rings. The lowest BCUT2D eigenvalue weighted by Gasteiger charge is -2.11. The van der Waals surface area contributed by atoms with E-state index in [4.69, 9.17) is 18.0 Å². The number of aryl methyl sites for hydroxylation is 2. The maximum atomic E-state index is 12.3. The zero-order valence-corrected chi connectivity index (χ0v) is 12.0. The number of rotatable bonds is 3. The highest BCUT2D eigenvalue weighted by atomic mass is 32.1. The molecule has 6 heteroatoms. The molecule has 0 unspecified atom stereocenters. The number of thiocarbonyl (C=S) groups is 1. The Morgan fingerprint density at radius 2 is 1.90 bits per heavy atom. The molecule has 0 spiro atoms. The van der Waals surface area contributed by atoms with Crippen molar-refractivity contribution in [2.75, 3.05) is 5.32 Å². The Labute approximate surface area is 122 Å². The number of nitrogens with zero attached hydrogens (tertiary/aromatic N) is 2. The maximum Gasteiger partial charge on any atom is 0.257 e. The number of para-hydroxylation sites is 1. The van der Waals surface area contributed by atoms with Crippen LogP contribution in [0.15, 0.2) is 30.3 Å². The van der Waals surface area contributed by atoms with Gasteiger partial charge in [-0.1, -0.05) is 24.4 Å². The third kappa shape index (κ3) is 2.97. The van der Waals surface area contributed by atoms with E-state index in [0.29, 0.717) is 28.2 Å². The molecule has 1 aromatic carbocycles. The van der Waals surface area contributed by atoms with Crippen molar-refractivity contribution in [2.24, 2.45) is 5.73 Å². The molecule has 0 bridgehead atoms. The summed E-state index contributed by atoms with van der Waals surface area (Å²) >= 11 is 4.97. The summed E-state index contributed by atoms with van der Waals surface area (Å²) in [7, 11) is 0. The zero-order chi connectivity index (χ0) is 14.7. The monoisotopic (exact) mass is 286 g/mol. The van der Waals surface area contributed by atoms with Gasteiger partial charge in [0, 0.05) is 5.56 Å². The third-order valence-corrected chi connectivity index (χ3v) is 3.01. The van der Waals surface area contributed by atoms with Crippen LogP contribution in [0.5, 0.6) is 0 Å². The van der Waals surface area contributed by atoms with Crippen LogP contribution >= 0.6 is 12.2 Å². The first-order valence-electron chi connectivity index (χ1n) is 6.00. The van der Waals surface area contributed by atoms with Gasteiger partial charge in [-0.25, -0.2) is 0 Å². The third-order valence-electron chi connectivity index (χ3n) is 2.79. The molecule has 3 N–H and O–H groups in total. The van der Waals surface area contributed by atoms with Crippen LogP contribution in [0.25, 0.3) is 0 Å². The number of amides is 1. The van der Waals surface area contributed by atoms with Crippen molar-refractivity contribution in [1.29, 1.82) is 0 Å². The smallest absolute Gasteiger partial charge is 0.257 e. The summed E-state index contributed by atoms with van der Waals surface area (Å²) in [5.41, 5.74) is 8.59. The highest BCUT2D eigenvalue weighted by Crippen LogP contribution is 2.17. The van der Waals surface area contributed by atoms with E-state index in [1.54, 1.807) is 38.1 Å². The SMILES string of the molecule is Cc1cc(C(=O)Nc2ccccc2C(N)=S)c(C)nn1. The Balaban J connectivity index is 2.33. The predicted octanol–water partition coefficient (Wildman–Crippen LogP) is 1.98. The molecule has 0 atom stereocenters. The fraction of sp³-hybridized carbons (Fsp3) is 0.143. The topological polar surface area (TPSA) is 80.9 Å². The summed E-state index contributed by atoms with van der Waals surface area (Å²) in [5.74, 6) is -0.260. The van der Waals surface area contributed by atoms with Gasteiger partial charge in [0.05, 0.1) is 22.6 Å². The summed E-state index contributed by atoms with van der Waals surface area (Å²) in [6.45, 7) is 3.52. The fourth-order valence-electron chi connectivity index (χ4n) is 1.78. The maximum absolute atomic E-state index is 12.3. The van der Waals surface area contributed by atoms with Crippen LogP contribution in [0.2, 0.25) is 0 Å². The first kappa shape index (κ1) is 14.1. The molecule has 0 saturated heterocycles. The Morgan fingerprint density at radius 3 is 2.60 bits per heavy atom. The lowest BCUT2D eigenvalue weighted by molar-refractivity contribution is 0.102. The summed E-state index contributed by atoms with van der Waals surface area (Å²) < 4.78 is 0. The van der Waals surface area contributed by atoms with Gasteiger partial charge >= 0.3 is 0 Å². The van der Waals surface area contributed by atoms with Crippen LogP contribution in [0.1, 0.15) is 27.3 Å². The van der Waals surface area contributed by atoms with Crippen molar-refractivity contribution in [3.05, 3.63) is 52.8 Å². The first-order chi connectivity index (χ1) is 9.49. The van der Waals surface area contributed by atoms with Crippen molar-refractivity contribution in [3.63, 3.8) is 0 Å². The Bertz CT molecular complexity index is 685. The number of carbonyl (C=O) groups is 1. The normalized spacial score (nSPS) is 10.1. The van der Waals surface area contributed by atoms with Gasteiger partial charge < -0.3 is 11.1 Å². The summed E-state index contributed by atoms with van der Waals surface area (Å²) in [4.78, 5) is 12.5. The van der Waals surface area contributed by atoms with E-state index in [0.717, 1.165) is 0 Å². The van der Waals surface area contributed by atoms with Gasteiger partial charge in [0.1, 0.15) is 4.99 Å². The van der Waals surface area contributed by atoms with Crippen LogP contribution in [0.3, 0.4) is 0 Å². The largest absolute Gasteiger partial charge is 0.389 e. The molecule has 1 heterocycles. The predicted molar refractivity (Wildman–Crippen MR) is 81.8 cm³/mol. The van der Waals surface area contributed by atoms with Gasteiger partial charge in [-0.15, -0.1) is 0 Å². The highest BCUT2D eigenvalue weighted by Gasteiger charge is 2.13. The Kier molecular flexibility index (Phi) is 4.05. The van der Waals surface area contributed by atoms with Gasteiger partial charge in [-0.2, -0.15) is 10.2 Å². The standard InChI is InChI=1S/C14H14N4OS/c1-8-7-11(9(2)18-17-8)14(19)16-12-6-4-3-5-10(12)13(15)20/h3-7H,1-2H3,(H2,15,20)(H,16,19). The minimum absolute atomic E-state index is 0.238. The van der Waals surface area contributed by atoms with Crippen molar-refractivity contribution in [1.82, 2.24) is 10.2 Å². The van der Waals surface area contributed by atoms with Crippen molar-refractivity contribution >= 4 is 28.8 Å². The van der Waals surface area contributed by atoms with Gasteiger partial charge in [0.25, 0.3) is 5.91 Å². The van der Waals surface area contributed by atoms with Gasteiger partial charge in [-0.05, 0) is 32.0 Å². The van der Waals surface area contributed by atoms with E-state index in [1.807, 2.05) is 6.07 Å². The van der Waals surface area contributed by atoms with Crippen LogP contribution in [0.4, 0.5) is 5.69 Å². The molecule has 1 amide bonds. The molecule has 2 rings (SSSR count). The lowest BCUT2D eigenvalue weighted by atomic mass is 10.1. The molecule has 0 aliphatic carbocycles. The number of hydrogen-bond donors (Lipinski definition) is 2. The quantitative estimate of drug-likeness (QED) is 0.843. The number of anilines is 1. The van der Waals surface area contributed by atoms with Crippen molar-refractivity contribution in [2.45, 2.75) is 13.8 Å². The van der Waals surface area contributed by atoms with Crippen LogP contribution in [0, 0.1) is 13.8 Å². The zero-order valence-electron chi connectivity index (χ0n) is 11.2. The second-order valence-corrected chi connectivity index (χ2v) is 4.79. The second-order valence-electron chi connectivity index (χ2n) is 4.35. The molecule has 20 heavy (non-hydrogen) atoms. The highest BCUT2D eigenvalue weighted by molar-refractivity contribution is 7.80. The summed E-state index contributed by atoms with van der Waals surface area (Å²) in [6, 6.07) is 8.83. The molecule has 102 valence electrons. The van der Waals surface area contributed by atoms with Crippen LogP contribution in [-0.2, 0) is 0 Å². The minimum Gasteiger partial charge on any atom is -0.389 e. The van der Waals surface area contributed by atoms with Gasteiger partial charge in [-0.3, -0.25) is 4.79 Å². The number of aromatic nitrogens is 2. The number of nitrogens with one attached hydrogen (secondary N) is 1. The Hall–Kier alpha value is -2.34. The lowest BCUT2D eigenvalue weighted by Crippen LogP contribution is -2.19. The minimum atomic E-state index is -0.260. The number of nitrogens with two attached hydrogens (primary N) is 1. The second kappa shape index (κ2) is 5.75. The number of benzene rings is 1. The van der Waals surface area contributed by atoms with E-state index in [2.05, 4.69) is 15.5 Å². The molecule has 0 fully saturated rings. The fourth-order valence-corrected chi connectivity index (χ4v) is 1.95. The summed E-state index contributed by atoms with van der Waals surface area (Å²) in [5, 5.41) is 10.6. The van der Waals surface area contributed by atoms with Gasteiger partial charge in [0.15, 0.2) is 0 Å². The van der Waals surface area contributed by atoms with Crippen LogP contribution in [-0.4, -0.2) is 21.1 Å². The summed E-state index contributed by atoms with van der Waals surface area (Å²) in [6.07, 6.45) is 0. The molecule has 5 nitrogen and oxygen atoms in total. The molecule has 0 saturated carbocycles. The van der Waals surface area contributed by atoms with E-state index in [1.165, 1.54) is 0 Å². The molecule has 0 aliphatic heterocycles. The molecular formula is C14H14N4OS. The number of hydrogen-bond acceptors (Lipinski definition) is 4. The molecule has 2 aromatic rings. The average Bonchev–Trinajstić information content (AvgIpc) is 2.41. The van der Waals surface area contributed by atoms with Crippen molar-refractivity contribution in [3.8, 4) is 0 Å². The molecule has 1 aromatic heterocycles. The average molecular weight is 286 g/mol. The van der Waals surface area contributed by atoms with E-state index in [-0.39, 0.29) is 10.9 Å². The van der Waals surface area contributed by atoms with Crippen molar-refractivity contribution < 1.29 is 4.79 Å². The van der Waals surface area contributed by atoms with Gasteiger partial charge in [0.2, 0.25) is 0 Å². The Morgan fingerprint density at radius 1 is 1.20 bits per heavy atom. The van der Waals surface area contributed by atoms with E-state index < -0.39 is 0 Å².